The maximum atomic E-state index is 13.9. The van der Waals surface area contributed by atoms with E-state index in [2.05, 4.69) is 16.0 Å². The molecule has 0 saturated carbocycles. The summed E-state index contributed by atoms with van der Waals surface area (Å²) in [5.41, 5.74) is 5.80. The average molecular weight is 508 g/mol. The second kappa shape index (κ2) is 9.64. The Hall–Kier alpha value is -4.29. The fraction of sp³-hybridized carbons (Fsp3) is 0.133. The van der Waals surface area contributed by atoms with Gasteiger partial charge in [-0.2, -0.15) is 5.10 Å². The van der Waals surface area contributed by atoms with Gasteiger partial charge in [0.15, 0.2) is 0 Å². The lowest BCUT2D eigenvalue weighted by molar-refractivity contribution is 0.180. The summed E-state index contributed by atoms with van der Waals surface area (Å²) in [6.45, 7) is 2.84. The van der Waals surface area contributed by atoms with Crippen molar-refractivity contribution < 1.29 is 4.79 Å². The summed E-state index contributed by atoms with van der Waals surface area (Å²) in [7, 11) is 0. The van der Waals surface area contributed by atoms with Gasteiger partial charge < -0.3 is 14.8 Å². The van der Waals surface area contributed by atoms with Crippen LogP contribution in [-0.4, -0.2) is 25.3 Å². The maximum Gasteiger partial charge on any atom is 0.318 e. The minimum Gasteiger partial charge on any atom is -0.334 e. The van der Waals surface area contributed by atoms with Crippen LogP contribution in [0.4, 0.5) is 4.79 Å². The fourth-order valence-electron chi connectivity index (χ4n) is 5.05. The van der Waals surface area contributed by atoms with Crippen LogP contribution >= 0.6 is 11.6 Å². The molecule has 0 spiro atoms. The van der Waals surface area contributed by atoms with Crippen LogP contribution in [0.1, 0.15) is 34.1 Å². The van der Waals surface area contributed by atoms with Crippen molar-refractivity contribution in [3.63, 3.8) is 0 Å². The fourth-order valence-corrected chi connectivity index (χ4v) is 5.25. The molecule has 7 heteroatoms. The monoisotopic (exact) mass is 507 g/mol. The first kappa shape index (κ1) is 23.1. The molecule has 2 aromatic heterocycles. The van der Waals surface area contributed by atoms with Crippen LogP contribution in [-0.2, 0) is 13.1 Å². The summed E-state index contributed by atoms with van der Waals surface area (Å²) in [5.74, 6) is 0.939. The summed E-state index contributed by atoms with van der Waals surface area (Å²) in [6, 6.07) is 31.3. The minimum atomic E-state index is -0.347. The van der Waals surface area contributed by atoms with Crippen molar-refractivity contribution in [2.24, 2.45) is 0 Å². The molecule has 2 amide bonds. The number of rotatable bonds is 4. The molecule has 0 aliphatic carbocycles. The number of benzene rings is 3. The lowest BCUT2D eigenvalue weighted by atomic mass is 10.0. The van der Waals surface area contributed by atoms with Gasteiger partial charge in [0.2, 0.25) is 0 Å². The highest BCUT2D eigenvalue weighted by Crippen LogP contribution is 2.39. The molecular formula is C30H26ClN5O. The van der Waals surface area contributed by atoms with Crippen molar-refractivity contribution in [1.29, 1.82) is 0 Å². The van der Waals surface area contributed by atoms with E-state index in [-0.39, 0.29) is 12.1 Å². The molecule has 184 valence electrons. The molecule has 1 aliphatic heterocycles. The first-order chi connectivity index (χ1) is 18.1. The van der Waals surface area contributed by atoms with Crippen LogP contribution in [0.25, 0.3) is 11.5 Å². The molecule has 6 nitrogen and oxygen atoms in total. The SMILES string of the molecule is Cc1nn(-c2ccccc2)c2c1CN(C(=O)NCc1ccccc1)C(c1cccc(Cl)c1)c1cccn1-2. The molecule has 3 aromatic carbocycles. The topological polar surface area (TPSA) is 55.1 Å². The van der Waals surface area contributed by atoms with E-state index in [0.717, 1.165) is 39.6 Å². The number of aryl methyl sites for hydroxylation is 1. The van der Waals surface area contributed by atoms with E-state index in [1.54, 1.807) is 0 Å². The van der Waals surface area contributed by atoms with E-state index in [0.29, 0.717) is 18.1 Å². The summed E-state index contributed by atoms with van der Waals surface area (Å²) < 4.78 is 4.12. The number of nitrogens with one attached hydrogen (secondary N) is 1. The van der Waals surface area contributed by atoms with Crippen molar-refractivity contribution in [2.75, 3.05) is 0 Å². The number of urea groups is 1. The van der Waals surface area contributed by atoms with Crippen LogP contribution in [0.2, 0.25) is 5.02 Å². The smallest absolute Gasteiger partial charge is 0.318 e. The number of hydrogen-bond donors (Lipinski definition) is 1. The predicted molar refractivity (Wildman–Crippen MR) is 145 cm³/mol. The number of para-hydroxylation sites is 1. The highest BCUT2D eigenvalue weighted by Gasteiger charge is 2.36. The van der Waals surface area contributed by atoms with Crippen LogP contribution < -0.4 is 5.32 Å². The zero-order chi connectivity index (χ0) is 25.4. The third-order valence-corrected chi connectivity index (χ3v) is 7.03. The second-order valence-corrected chi connectivity index (χ2v) is 9.60. The van der Waals surface area contributed by atoms with Crippen molar-refractivity contribution >= 4 is 17.6 Å². The highest BCUT2D eigenvalue weighted by molar-refractivity contribution is 6.30. The van der Waals surface area contributed by atoms with Gasteiger partial charge in [0.1, 0.15) is 5.82 Å². The third-order valence-electron chi connectivity index (χ3n) is 6.80. The van der Waals surface area contributed by atoms with Gasteiger partial charge in [-0.05, 0) is 54.4 Å². The third kappa shape index (κ3) is 4.30. The Labute approximate surface area is 220 Å². The Kier molecular flexibility index (Phi) is 6.02. The molecule has 1 N–H and O–H groups in total. The molecule has 1 atom stereocenters. The van der Waals surface area contributed by atoms with E-state index in [4.69, 9.17) is 16.7 Å². The van der Waals surface area contributed by atoms with E-state index in [1.165, 1.54) is 0 Å². The Morgan fingerprint density at radius 1 is 0.973 bits per heavy atom. The average Bonchev–Trinajstić information content (AvgIpc) is 3.48. The van der Waals surface area contributed by atoms with Gasteiger partial charge in [-0.3, -0.25) is 0 Å². The van der Waals surface area contributed by atoms with E-state index < -0.39 is 0 Å². The summed E-state index contributed by atoms with van der Waals surface area (Å²) >= 11 is 6.43. The number of amides is 2. The lowest BCUT2D eigenvalue weighted by Crippen LogP contribution is -2.41. The largest absolute Gasteiger partial charge is 0.334 e. The first-order valence-corrected chi connectivity index (χ1v) is 12.6. The second-order valence-electron chi connectivity index (χ2n) is 9.17. The number of aromatic nitrogens is 3. The van der Waals surface area contributed by atoms with Gasteiger partial charge in [0, 0.05) is 23.3 Å². The standard InChI is InChI=1S/C30H26ClN5O/c1-21-26-20-35(30(37)32-19-22-10-4-2-5-11-22)28(23-12-8-13-24(31)18-23)27-16-9-17-34(27)29(26)36(33-21)25-14-6-3-7-15-25/h2-18,28H,19-20H2,1H3,(H,32,37). The van der Waals surface area contributed by atoms with Crippen LogP contribution in [0.5, 0.6) is 0 Å². The minimum absolute atomic E-state index is 0.152. The molecular weight excluding hydrogens is 482 g/mol. The molecule has 5 aromatic rings. The summed E-state index contributed by atoms with van der Waals surface area (Å²) in [6.07, 6.45) is 2.04. The molecule has 0 fully saturated rings. The predicted octanol–water partition coefficient (Wildman–Crippen LogP) is 6.44. The van der Waals surface area contributed by atoms with Gasteiger partial charge in [-0.1, -0.05) is 72.3 Å². The summed E-state index contributed by atoms with van der Waals surface area (Å²) in [4.78, 5) is 15.8. The van der Waals surface area contributed by atoms with Gasteiger partial charge in [0.25, 0.3) is 0 Å². The molecule has 6 rings (SSSR count). The van der Waals surface area contributed by atoms with Gasteiger partial charge >= 0.3 is 6.03 Å². The summed E-state index contributed by atoms with van der Waals surface area (Å²) in [5, 5.41) is 8.67. The van der Waals surface area contributed by atoms with Crippen molar-refractivity contribution in [1.82, 2.24) is 24.6 Å². The number of carbonyl (C=O) groups excluding carboxylic acids is 1. The lowest BCUT2D eigenvalue weighted by Gasteiger charge is -2.31. The molecule has 0 bridgehead atoms. The Balaban J connectivity index is 1.49. The zero-order valence-electron chi connectivity index (χ0n) is 20.4. The molecule has 37 heavy (non-hydrogen) atoms. The molecule has 0 saturated heterocycles. The number of nitrogens with zero attached hydrogens (tertiary/aromatic N) is 4. The number of fused-ring (bicyclic) bond motifs is 3. The molecule has 3 heterocycles. The zero-order valence-corrected chi connectivity index (χ0v) is 21.1. The number of hydrogen-bond acceptors (Lipinski definition) is 2. The first-order valence-electron chi connectivity index (χ1n) is 12.3. The number of carbonyl (C=O) groups is 1. The van der Waals surface area contributed by atoms with Gasteiger partial charge in [-0.25, -0.2) is 9.48 Å². The molecule has 0 radical (unpaired) electrons. The van der Waals surface area contributed by atoms with Gasteiger partial charge in [0.05, 0.1) is 29.7 Å². The van der Waals surface area contributed by atoms with Crippen molar-refractivity contribution in [3.8, 4) is 11.5 Å². The Bertz CT molecular complexity index is 1560. The molecule has 1 unspecified atom stereocenters. The van der Waals surface area contributed by atoms with E-state index >= 15 is 0 Å². The van der Waals surface area contributed by atoms with Crippen LogP contribution in [0.15, 0.2) is 103 Å². The van der Waals surface area contributed by atoms with Crippen LogP contribution in [0, 0.1) is 6.92 Å². The van der Waals surface area contributed by atoms with E-state index in [1.807, 2.05) is 114 Å². The Morgan fingerprint density at radius 2 is 1.73 bits per heavy atom. The highest BCUT2D eigenvalue weighted by atomic mass is 35.5. The van der Waals surface area contributed by atoms with Gasteiger partial charge in [-0.15, -0.1) is 0 Å². The maximum absolute atomic E-state index is 13.9. The number of halogens is 1. The van der Waals surface area contributed by atoms with Crippen LogP contribution in [0.3, 0.4) is 0 Å². The van der Waals surface area contributed by atoms with Crippen molar-refractivity contribution in [2.45, 2.75) is 26.1 Å². The molecule has 1 aliphatic rings. The quantitative estimate of drug-likeness (QED) is 0.304. The Morgan fingerprint density at radius 3 is 2.49 bits per heavy atom. The normalized spacial score (nSPS) is 14.5. The van der Waals surface area contributed by atoms with Crippen molar-refractivity contribution in [3.05, 3.63) is 136 Å². The van der Waals surface area contributed by atoms with E-state index in [9.17, 15) is 4.79 Å².